The van der Waals surface area contributed by atoms with Gasteiger partial charge in [-0.05, 0) is 17.5 Å². The van der Waals surface area contributed by atoms with Gasteiger partial charge >= 0.3 is 0 Å². The molecule has 0 amide bonds. The minimum absolute atomic E-state index is 0.0261. The fraction of sp³-hybridized carbons (Fsp3) is 0.0588. The summed E-state index contributed by atoms with van der Waals surface area (Å²) >= 11 is 0. The number of benzene rings is 3. The molecule has 0 spiro atoms. The monoisotopic (exact) mass is 323 g/mol. The van der Waals surface area contributed by atoms with Crippen LogP contribution < -0.4 is 4.74 Å². The number of nitro groups is 1. The second-order valence-electron chi connectivity index (χ2n) is 4.97. The van der Waals surface area contributed by atoms with Gasteiger partial charge in [0.05, 0.1) is 12.0 Å². The lowest BCUT2D eigenvalue weighted by Gasteiger charge is -2.05. The van der Waals surface area contributed by atoms with Crippen molar-refractivity contribution in [3.8, 4) is 11.5 Å². The van der Waals surface area contributed by atoms with Crippen LogP contribution in [0.15, 0.2) is 64.8 Å². The predicted octanol–water partition coefficient (Wildman–Crippen LogP) is 4.88. The van der Waals surface area contributed by atoms with E-state index in [4.69, 9.17) is 4.74 Å². The molecule has 7 heteroatoms. The van der Waals surface area contributed by atoms with E-state index in [9.17, 15) is 15.2 Å². The number of azo groups is 1. The summed E-state index contributed by atoms with van der Waals surface area (Å²) in [6.07, 6.45) is 0. The van der Waals surface area contributed by atoms with Gasteiger partial charge in [-0.25, -0.2) is 0 Å². The Morgan fingerprint density at radius 1 is 1.08 bits per heavy atom. The maximum Gasteiger partial charge on any atom is 0.271 e. The average Bonchev–Trinajstić information content (AvgIpc) is 2.60. The lowest BCUT2D eigenvalue weighted by molar-refractivity contribution is -0.384. The summed E-state index contributed by atoms with van der Waals surface area (Å²) < 4.78 is 5.15. The molecule has 24 heavy (non-hydrogen) atoms. The summed E-state index contributed by atoms with van der Waals surface area (Å²) in [4.78, 5) is 10.4. The van der Waals surface area contributed by atoms with Gasteiger partial charge in [0.2, 0.25) is 0 Å². The second-order valence-corrected chi connectivity index (χ2v) is 4.97. The van der Waals surface area contributed by atoms with E-state index >= 15 is 0 Å². The number of fused-ring (bicyclic) bond motifs is 1. The van der Waals surface area contributed by atoms with E-state index in [0.29, 0.717) is 11.4 Å². The molecule has 0 unspecified atom stereocenters. The zero-order valence-electron chi connectivity index (χ0n) is 12.7. The number of phenolic OH excluding ortho intramolecular Hbond substituents is 1. The van der Waals surface area contributed by atoms with Crippen LogP contribution in [0.4, 0.5) is 17.1 Å². The normalized spacial score (nSPS) is 11.0. The molecule has 0 fully saturated rings. The minimum Gasteiger partial charge on any atom is -0.506 e. The Morgan fingerprint density at radius 3 is 2.62 bits per heavy atom. The third-order valence-electron chi connectivity index (χ3n) is 3.51. The summed E-state index contributed by atoms with van der Waals surface area (Å²) in [6, 6.07) is 14.8. The third-order valence-corrected chi connectivity index (χ3v) is 3.51. The van der Waals surface area contributed by atoms with Crippen molar-refractivity contribution in [2.24, 2.45) is 10.2 Å². The van der Waals surface area contributed by atoms with Crippen LogP contribution in [0, 0.1) is 10.1 Å². The van der Waals surface area contributed by atoms with E-state index in [1.807, 2.05) is 24.3 Å². The van der Waals surface area contributed by atoms with Gasteiger partial charge in [0, 0.05) is 17.5 Å². The van der Waals surface area contributed by atoms with E-state index in [1.54, 1.807) is 6.07 Å². The van der Waals surface area contributed by atoms with Crippen molar-refractivity contribution in [1.82, 2.24) is 0 Å². The van der Waals surface area contributed by atoms with E-state index in [-0.39, 0.29) is 17.1 Å². The van der Waals surface area contributed by atoms with E-state index in [1.165, 1.54) is 31.4 Å². The molecule has 120 valence electrons. The number of ether oxygens (including phenoxy) is 1. The van der Waals surface area contributed by atoms with Crippen LogP contribution in [-0.2, 0) is 0 Å². The van der Waals surface area contributed by atoms with Gasteiger partial charge in [0.15, 0.2) is 0 Å². The smallest absolute Gasteiger partial charge is 0.271 e. The number of nitro benzene ring substituents is 1. The first-order valence-corrected chi connectivity index (χ1v) is 7.05. The van der Waals surface area contributed by atoms with Gasteiger partial charge in [0.25, 0.3) is 5.69 Å². The molecule has 3 aromatic rings. The Labute approximate surface area is 137 Å². The van der Waals surface area contributed by atoms with Crippen molar-refractivity contribution < 1.29 is 14.8 Å². The van der Waals surface area contributed by atoms with E-state index < -0.39 is 4.92 Å². The number of methoxy groups -OCH3 is 1. The Bertz CT molecular complexity index is 954. The predicted molar refractivity (Wildman–Crippen MR) is 89.4 cm³/mol. The molecule has 3 aromatic carbocycles. The van der Waals surface area contributed by atoms with Crippen LogP contribution in [0.3, 0.4) is 0 Å². The number of hydrogen-bond acceptors (Lipinski definition) is 6. The maximum absolute atomic E-state index is 10.9. The van der Waals surface area contributed by atoms with Crippen LogP contribution in [0.25, 0.3) is 10.8 Å². The van der Waals surface area contributed by atoms with Crippen LogP contribution in [0.2, 0.25) is 0 Å². The molecule has 0 aliphatic carbocycles. The van der Waals surface area contributed by atoms with Crippen molar-refractivity contribution in [2.75, 3.05) is 7.11 Å². The van der Waals surface area contributed by atoms with Crippen LogP contribution in [0.5, 0.6) is 11.5 Å². The Balaban J connectivity index is 2.10. The zero-order chi connectivity index (χ0) is 17.1. The topological polar surface area (TPSA) is 97.3 Å². The first-order chi connectivity index (χ1) is 11.6. The molecule has 3 rings (SSSR count). The summed E-state index contributed by atoms with van der Waals surface area (Å²) in [6.45, 7) is 0. The highest BCUT2D eigenvalue weighted by Gasteiger charge is 2.12. The standard InChI is InChI=1S/C17H13N3O4/c1-24-16-9-7-12(20(22)23)10-14(16)18-19-17-13-5-3-2-4-11(13)6-8-15(17)21/h2-10,21H,1H3. The van der Waals surface area contributed by atoms with Crippen molar-refractivity contribution in [2.45, 2.75) is 0 Å². The molecule has 0 heterocycles. The molecule has 0 saturated heterocycles. The molecule has 0 saturated carbocycles. The van der Waals surface area contributed by atoms with E-state index in [0.717, 1.165) is 10.8 Å². The molecule has 7 nitrogen and oxygen atoms in total. The van der Waals surface area contributed by atoms with Gasteiger partial charge < -0.3 is 9.84 Å². The first-order valence-electron chi connectivity index (χ1n) is 7.05. The first kappa shape index (κ1) is 15.4. The molecule has 0 aliphatic rings. The molecule has 0 bridgehead atoms. The van der Waals surface area contributed by atoms with E-state index in [2.05, 4.69) is 10.2 Å². The highest BCUT2D eigenvalue weighted by molar-refractivity contribution is 5.95. The van der Waals surface area contributed by atoms with Crippen molar-refractivity contribution in [3.05, 3.63) is 64.7 Å². The van der Waals surface area contributed by atoms with Crippen molar-refractivity contribution >= 4 is 27.8 Å². The van der Waals surface area contributed by atoms with Crippen LogP contribution in [-0.4, -0.2) is 17.1 Å². The number of phenols is 1. The summed E-state index contributed by atoms with van der Waals surface area (Å²) in [7, 11) is 1.44. The number of rotatable bonds is 4. The number of hydrogen-bond donors (Lipinski definition) is 1. The Hall–Kier alpha value is -3.48. The largest absolute Gasteiger partial charge is 0.506 e. The highest BCUT2D eigenvalue weighted by Crippen LogP contribution is 2.38. The minimum atomic E-state index is -0.520. The molecule has 0 aliphatic heterocycles. The SMILES string of the molecule is COc1ccc([N+](=O)[O-])cc1N=Nc1c(O)ccc2ccccc12. The second kappa shape index (κ2) is 6.33. The van der Waals surface area contributed by atoms with Crippen LogP contribution >= 0.6 is 0 Å². The van der Waals surface area contributed by atoms with Crippen molar-refractivity contribution in [1.29, 1.82) is 0 Å². The van der Waals surface area contributed by atoms with Gasteiger partial charge in [-0.2, -0.15) is 0 Å². The molecule has 0 atom stereocenters. The molecule has 0 radical (unpaired) electrons. The lowest BCUT2D eigenvalue weighted by atomic mass is 10.1. The van der Waals surface area contributed by atoms with Gasteiger partial charge in [-0.1, -0.05) is 30.3 Å². The number of non-ortho nitro benzene ring substituents is 1. The van der Waals surface area contributed by atoms with Crippen molar-refractivity contribution in [3.63, 3.8) is 0 Å². The van der Waals surface area contributed by atoms with Gasteiger partial charge in [-0.15, -0.1) is 10.2 Å². The Morgan fingerprint density at radius 2 is 1.88 bits per heavy atom. The molecular weight excluding hydrogens is 310 g/mol. The Kier molecular flexibility index (Phi) is 4.07. The number of nitrogens with zero attached hydrogens (tertiary/aromatic N) is 3. The summed E-state index contributed by atoms with van der Waals surface area (Å²) in [5, 5.41) is 30.7. The fourth-order valence-electron chi connectivity index (χ4n) is 2.32. The third kappa shape index (κ3) is 2.87. The summed E-state index contributed by atoms with van der Waals surface area (Å²) in [5.41, 5.74) is 0.382. The molecular formula is C17H13N3O4. The fourth-order valence-corrected chi connectivity index (χ4v) is 2.32. The van der Waals surface area contributed by atoms with Gasteiger partial charge in [0.1, 0.15) is 22.9 Å². The molecule has 1 N–H and O–H groups in total. The summed E-state index contributed by atoms with van der Waals surface area (Å²) in [5.74, 6) is 0.325. The average molecular weight is 323 g/mol. The zero-order valence-corrected chi connectivity index (χ0v) is 12.7. The van der Waals surface area contributed by atoms with Crippen LogP contribution in [0.1, 0.15) is 0 Å². The quantitative estimate of drug-likeness (QED) is 0.420. The maximum atomic E-state index is 10.9. The lowest BCUT2D eigenvalue weighted by Crippen LogP contribution is -1.89. The molecule has 0 aromatic heterocycles. The highest BCUT2D eigenvalue weighted by atomic mass is 16.6. The number of aromatic hydroxyl groups is 1. The van der Waals surface area contributed by atoms with Gasteiger partial charge in [-0.3, -0.25) is 10.1 Å².